The van der Waals surface area contributed by atoms with Gasteiger partial charge in [0.25, 0.3) is 0 Å². The first-order chi connectivity index (χ1) is 9.07. The Morgan fingerprint density at radius 1 is 1.37 bits per heavy atom. The van der Waals surface area contributed by atoms with Gasteiger partial charge in [-0.3, -0.25) is 4.79 Å². The molecule has 1 saturated heterocycles. The molecule has 2 aliphatic carbocycles. The third-order valence-corrected chi connectivity index (χ3v) is 6.01. The number of cyclic esters (lactones) is 1. The molecule has 5 atom stereocenters. The van der Waals surface area contributed by atoms with Crippen LogP contribution in [0, 0.1) is 23.2 Å². The van der Waals surface area contributed by atoms with Crippen molar-refractivity contribution in [2.24, 2.45) is 23.2 Å². The van der Waals surface area contributed by atoms with Crippen LogP contribution in [0.25, 0.3) is 0 Å². The van der Waals surface area contributed by atoms with E-state index in [0.717, 1.165) is 12.8 Å². The molecule has 5 unspecified atom stereocenters. The molecule has 1 heterocycles. The van der Waals surface area contributed by atoms with Crippen molar-refractivity contribution in [3.63, 3.8) is 0 Å². The molecule has 3 rings (SSSR count). The molecule has 0 N–H and O–H groups in total. The molecule has 0 aromatic heterocycles. The van der Waals surface area contributed by atoms with Crippen LogP contribution in [-0.2, 0) is 9.53 Å². The highest BCUT2D eigenvalue weighted by molar-refractivity contribution is 5.79. The predicted octanol–water partition coefficient (Wildman–Crippen LogP) is 4.10. The van der Waals surface area contributed by atoms with Gasteiger partial charge in [0.15, 0.2) is 0 Å². The van der Waals surface area contributed by atoms with Crippen molar-refractivity contribution in [3.05, 3.63) is 11.6 Å². The highest BCUT2D eigenvalue weighted by Gasteiger charge is 2.57. The third-order valence-electron chi connectivity index (χ3n) is 6.01. The Labute approximate surface area is 116 Å². The molecule has 0 bridgehead atoms. The number of carbonyl (C=O) groups is 1. The van der Waals surface area contributed by atoms with E-state index in [1.54, 1.807) is 0 Å². The summed E-state index contributed by atoms with van der Waals surface area (Å²) in [5.74, 6) is 1.62. The highest BCUT2D eigenvalue weighted by Crippen LogP contribution is 2.56. The summed E-state index contributed by atoms with van der Waals surface area (Å²) in [6, 6.07) is 0. The number of rotatable bonds is 1. The number of hydrogen-bond donors (Lipinski definition) is 0. The van der Waals surface area contributed by atoms with Crippen LogP contribution in [0.5, 0.6) is 0 Å². The van der Waals surface area contributed by atoms with Gasteiger partial charge in [0, 0.05) is 0 Å². The first-order valence-electron chi connectivity index (χ1n) is 7.96. The molecule has 1 saturated carbocycles. The fourth-order valence-electron chi connectivity index (χ4n) is 4.85. The Balaban J connectivity index is 2.00. The lowest BCUT2D eigenvalue weighted by atomic mass is 9.53. The van der Waals surface area contributed by atoms with E-state index < -0.39 is 0 Å². The number of hydrogen-bond acceptors (Lipinski definition) is 2. The molecule has 0 amide bonds. The first kappa shape index (κ1) is 13.2. The van der Waals surface area contributed by atoms with Crippen LogP contribution in [0.4, 0.5) is 0 Å². The Morgan fingerprint density at radius 3 is 2.84 bits per heavy atom. The van der Waals surface area contributed by atoms with Gasteiger partial charge in [0.1, 0.15) is 6.10 Å². The van der Waals surface area contributed by atoms with Crippen molar-refractivity contribution >= 4 is 5.97 Å². The number of fused-ring (bicyclic) bond motifs is 3. The maximum absolute atomic E-state index is 12.7. The van der Waals surface area contributed by atoms with E-state index in [2.05, 4.69) is 26.8 Å². The van der Waals surface area contributed by atoms with Gasteiger partial charge in [-0.2, -0.15) is 0 Å². The summed E-state index contributed by atoms with van der Waals surface area (Å²) in [6.45, 7) is 6.54. The van der Waals surface area contributed by atoms with Crippen molar-refractivity contribution < 1.29 is 9.53 Å². The quantitative estimate of drug-likeness (QED) is 0.525. The molecule has 0 aromatic carbocycles. The Morgan fingerprint density at radius 2 is 2.11 bits per heavy atom. The van der Waals surface area contributed by atoms with Crippen molar-refractivity contribution in [2.45, 2.75) is 65.4 Å². The van der Waals surface area contributed by atoms with Crippen molar-refractivity contribution in [3.8, 4) is 0 Å². The second kappa shape index (κ2) is 4.64. The van der Waals surface area contributed by atoms with Crippen LogP contribution >= 0.6 is 0 Å². The molecular formula is C17H26O2. The second-order valence-electron chi connectivity index (χ2n) is 6.97. The van der Waals surface area contributed by atoms with Crippen LogP contribution < -0.4 is 0 Å². The van der Waals surface area contributed by atoms with E-state index >= 15 is 0 Å². The molecule has 106 valence electrons. The van der Waals surface area contributed by atoms with Gasteiger partial charge in [-0.1, -0.05) is 31.4 Å². The summed E-state index contributed by atoms with van der Waals surface area (Å²) in [6.07, 6.45) is 9.65. The van der Waals surface area contributed by atoms with E-state index in [4.69, 9.17) is 4.74 Å². The molecule has 3 aliphatic rings. The summed E-state index contributed by atoms with van der Waals surface area (Å²) >= 11 is 0. The van der Waals surface area contributed by atoms with E-state index in [1.165, 1.54) is 31.3 Å². The average molecular weight is 262 g/mol. The standard InChI is InChI=1S/C17H26O2/c1-4-13-10-15-11(2)9-12-7-5-6-8-14(12)17(15,3)16(18)19-13/h9,12-15H,4-8,10H2,1-3H3. The average Bonchev–Trinajstić information content (AvgIpc) is 2.41. The van der Waals surface area contributed by atoms with Crippen LogP contribution in [-0.4, -0.2) is 12.1 Å². The maximum atomic E-state index is 12.7. The summed E-state index contributed by atoms with van der Waals surface area (Å²) in [5.41, 5.74) is 1.19. The number of ether oxygens (including phenoxy) is 1. The van der Waals surface area contributed by atoms with Gasteiger partial charge in [-0.25, -0.2) is 0 Å². The lowest BCUT2D eigenvalue weighted by Crippen LogP contribution is -2.54. The molecule has 19 heavy (non-hydrogen) atoms. The summed E-state index contributed by atoms with van der Waals surface area (Å²) < 4.78 is 5.74. The molecule has 1 aliphatic heterocycles. The largest absolute Gasteiger partial charge is 0.462 e. The summed E-state index contributed by atoms with van der Waals surface area (Å²) in [5, 5.41) is 0. The van der Waals surface area contributed by atoms with Gasteiger partial charge in [-0.15, -0.1) is 0 Å². The number of carbonyl (C=O) groups excluding carboxylic acids is 1. The van der Waals surface area contributed by atoms with Gasteiger partial charge in [0.05, 0.1) is 5.41 Å². The summed E-state index contributed by atoms with van der Waals surface area (Å²) in [4.78, 5) is 12.7. The predicted molar refractivity (Wildman–Crippen MR) is 75.6 cm³/mol. The van der Waals surface area contributed by atoms with Gasteiger partial charge in [-0.05, 0) is 57.3 Å². The lowest BCUT2D eigenvalue weighted by molar-refractivity contribution is -0.184. The smallest absolute Gasteiger partial charge is 0.312 e. The fourth-order valence-corrected chi connectivity index (χ4v) is 4.85. The lowest BCUT2D eigenvalue weighted by Gasteiger charge is -2.53. The molecule has 2 heteroatoms. The summed E-state index contributed by atoms with van der Waals surface area (Å²) in [7, 11) is 0. The minimum Gasteiger partial charge on any atom is -0.462 e. The topological polar surface area (TPSA) is 26.3 Å². The zero-order valence-corrected chi connectivity index (χ0v) is 12.4. The zero-order valence-electron chi connectivity index (χ0n) is 12.4. The van der Waals surface area contributed by atoms with Gasteiger partial charge < -0.3 is 4.74 Å². The van der Waals surface area contributed by atoms with Crippen molar-refractivity contribution in [2.75, 3.05) is 0 Å². The minimum atomic E-state index is -0.254. The molecular weight excluding hydrogens is 236 g/mol. The van der Waals surface area contributed by atoms with Gasteiger partial charge >= 0.3 is 5.97 Å². The van der Waals surface area contributed by atoms with E-state index in [0.29, 0.717) is 17.8 Å². The highest BCUT2D eigenvalue weighted by atomic mass is 16.5. The van der Waals surface area contributed by atoms with E-state index in [9.17, 15) is 4.79 Å². The molecule has 0 aromatic rings. The first-order valence-corrected chi connectivity index (χ1v) is 7.96. The van der Waals surface area contributed by atoms with Crippen molar-refractivity contribution in [1.82, 2.24) is 0 Å². The molecule has 2 fully saturated rings. The molecule has 0 radical (unpaired) electrons. The van der Waals surface area contributed by atoms with Gasteiger partial charge in [0.2, 0.25) is 0 Å². The Hall–Kier alpha value is -0.790. The Bertz CT molecular complexity index is 411. The van der Waals surface area contributed by atoms with Crippen LogP contribution in [0.1, 0.15) is 59.3 Å². The monoisotopic (exact) mass is 262 g/mol. The molecule has 0 spiro atoms. The molecule has 2 nitrogen and oxygen atoms in total. The van der Waals surface area contributed by atoms with Crippen LogP contribution in [0.15, 0.2) is 11.6 Å². The van der Waals surface area contributed by atoms with E-state index in [1.807, 2.05) is 0 Å². The maximum Gasteiger partial charge on any atom is 0.312 e. The fraction of sp³-hybridized carbons (Fsp3) is 0.824. The minimum absolute atomic E-state index is 0.0833. The van der Waals surface area contributed by atoms with E-state index in [-0.39, 0.29) is 17.5 Å². The number of esters is 1. The third kappa shape index (κ3) is 1.86. The number of allylic oxidation sites excluding steroid dienone is 2. The van der Waals surface area contributed by atoms with Crippen molar-refractivity contribution in [1.29, 1.82) is 0 Å². The normalized spacial score (nSPS) is 45.8. The zero-order chi connectivity index (χ0) is 13.6. The van der Waals surface area contributed by atoms with Crippen LogP contribution in [0.3, 0.4) is 0 Å². The SMILES string of the molecule is CCC1CC2C(C)=CC3CCCCC3C2(C)C(=O)O1. The second-order valence-corrected chi connectivity index (χ2v) is 6.97. The van der Waals surface area contributed by atoms with Crippen LogP contribution in [0.2, 0.25) is 0 Å². The Kier molecular flexibility index (Phi) is 3.23.